The zero-order valence-electron chi connectivity index (χ0n) is 20.4. The molecule has 12 nitrogen and oxygen atoms in total. The summed E-state index contributed by atoms with van der Waals surface area (Å²) >= 11 is 0. The molecule has 0 aliphatic carbocycles. The number of hydrogen-bond donors (Lipinski definition) is 3. The highest BCUT2D eigenvalue weighted by atomic mass is 16.5. The van der Waals surface area contributed by atoms with E-state index in [-0.39, 0.29) is 18.8 Å². The summed E-state index contributed by atoms with van der Waals surface area (Å²) in [6.07, 6.45) is 0.496. The maximum Gasteiger partial charge on any atom is 0.330 e. The third-order valence-electron chi connectivity index (χ3n) is 5.05. The van der Waals surface area contributed by atoms with Crippen LogP contribution in [0.5, 0.6) is 0 Å². The number of aryl methyl sites for hydroxylation is 2. The van der Waals surface area contributed by atoms with E-state index in [1.165, 1.54) is 11.5 Å². The van der Waals surface area contributed by atoms with Gasteiger partial charge < -0.3 is 14.6 Å². The number of esters is 1. The number of unbranched alkanes of at least 4 members (excludes halogenated alkanes) is 1. The molecular formula is C22H34N6O6. The summed E-state index contributed by atoms with van der Waals surface area (Å²) in [5, 5.41) is 4.51. The van der Waals surface area contributed by atoms with Crippen LogP contribution in [0.2, 0.25) is 0 Å². The van der Waals surface area contributed by atoms with Crippen LogP contribution in [0.25, 0.3) is 11.2 Å². The van der Waals surface area contributed by atoms with Gasteiger partial charge in [-0.25, -0.2) is 14.6 Å². The Labute approximate surface area is 197 Å². The van der Waals surface area contributed by atoms with E-state index in [4.69, 9.17) is 4.74 Å². The fraction of sp³-hybridized carbons (Fsp3) is 0.636. The third kappa shape index (κ3) is 6.78. The number of rotatable bonds is 11. The lowest BCUT2D eigenvalue weighted by Gasteiger charge is -2.14. The summed E-state index contributed by atoms with van der Waals surface area (Å²) in [6.45, 7) is 10.3. The number of ether oxygens (including phenoxy) is 1. The van der Waals surface area contributed by atoms with Gasteiger partial charge in [0, 0.05) is 26.1 Å². The summed E-state index contributed by atoms with van der Waals surface area (Å²) in [7, 11) is 0. The third-order valence-corrected chi connectivity index (χ3v) is 5.05. The molecule has 0 aliphatic rings. The Balaban J connectivity index is 2.24. The average Bonchev–Trinajstić information content (AvgIpc) is 3.10. The Hall–Kier alpha value is -3.44. The van der Waals surface area contributed by atoms with Crippen molar-refractivity contribution >= 4 is 29.1 Å². The predicted octanol–water partition coefficient (Wildman–Crippen LogP) is 1.05. The van der Waals surface area contributed by atoms with E-state index < -0.39 is 35.3 Å². The number of amides is 3. The van der Waals surface area contributed by atoms with Crippen LogP contribution in [0.15, 0.2) is 9.59 Å². The maximum atomic E-state index is 12.6. The number of aromatic nitrogens is 4. The van der Waals surface area contributed by atoms with E-state index in [0.29, 0.717) is 36.6 Å². The molecule has 0 aromatic carbocycles. The summed E-state index contributed by atoms with van der Waals surface area (Å²) in [4.78, 5) is 67.8. The van der Waals surface area contributed by atoms with Crippen LogP contribution >= 0.6 is 0 Å². The molecule has 2 heterocycles. The van der Waals surface area contributed by atoms with Crippen molar-refractivity contribution < 1.29 is 19.1 Å². The number of fused-ring (bicyclic) bond motifs is 1. The van der Waals surface area contributed by atoms with Crippen molar-refractivity contribution in [3.63, 3.8) is 0 Å². The van der Waals surface area contributed by atoms with Gasteiger partial charge in [-0.05, 0) is 26.2 Å². The number of imide groups is 1. The first kappa shape index (κ1) is 26.8. The van der Waals surface area contributed by atoms with Crippen molar-refractivity contribution in [1.82, 2.24) is 29.7 Å². The van der Waals surface area contributed by atoms with Gasteiger partial charge in [0.15, 0.2) is 17.3 Å². The molecule has 2 aromatic heterocycles. The Morgan fingerprint density at radius 3 is 2.44 bits per heavy atom. The molecule has 0 fully saturated rings. The minimum absolute atomic E-state index is 0.0999. The largest absolute Gasteiger partial charge is 0.453 e. The number of nitrogens with zero attached hydrogens (tertiary/aromatic N) is 3. The molecular weight excluding hydrogens is 444 g/mol. The summed E-state index contributed by atoms with van der Waals surface area (Å²) in [5.41, 5.74) is -0.452. The number of carbonyl (C=O) groups excluding carboxylic acids is 3. The quantitative estimate of drug-likeness (QED) is 0.407. The van der Waals surface area contributed by atoms with Gasteiger partial charge in [-0.3, -0.25) is 29.3 Å². The van der Waals surface area contributed by atoms with Crippen LogP contribution < -0.4 is 21.9 Å². The van der Waals surface area contributed by atoms with E-state index in [9.17, 15) is 24.0 Å². The van der Waals surface area contributed by atoms with Crippen molar-refractivity contribution in [1.29, 1.82) is 0 Å². The highest BCUT2D eigenvalue weighted by molar-refractivity contribution is 5.97. The lowest BCUT2D eigenvalue weighted by molar-refractivity contribution is -0.154. The molecule has 0 aliphatic heterocycles. The Morgan fingerprint density at radius 2 is 1.82 bits per heavy atom. The number of aromatic amines is 1. The Bertz CT molecular complexity index is 1150. The standard InChI is InChI=1S/C22H34N6O6/c1-6-8-11-27-18-17(20(31)26-22(27)33)28(12-13(3)4)15(24-18)9-10-16(29)34-14(5)19(30)25-21(32)23-7-2/h13-14H,6-12H2,1-5H3,(H,26,31,33)(H2,23,25,30,32). The van der Waals surface area contributed by atoms with Gasteiger partial charge >= 0.3 is 17.7 Å². The second-order valence-electron chi connectivity index (χ2n) is 8.45. The minimum Gasteiger partial charge on any atom is -0.453 e. The van der Waals surface area contributed by atoms with Gasteiger partial charge in [-0.15, -0.1) is 0 Å². The normalized spacial score (nSPS) is 12.1. The fourth-order valence-electron chi connectivity index (χ4n) is 3.44. The summed E-state index contributed by atoms with van der Waals surface area (Å²) < 4.78 is 8.32. The molecule has 2 aromatic rings. The Morgan fingerprint density at radius 1 is 1.12 bits per heavy atom. The Kier molecular flexibility index (Phi) is 9.58. The molecule has 0 saturated carbocycles. The van der Waals surface area contributed by atoms with Crippen LogP contribution in [-0.2, 0) is 33.8 Å². The van der Waals surface area contributed by atoms with Crippen LogP contribution in [-0.4, -0.2) is 49.7 Å². The fourth-order valence-corrected chi connectivity index (χ4v) is 3.44. The zero-order valence-corrected chi connectivity index (χ0v) is 20.4. The van der Waals surface area contributed by atoms with Gasteiger partial charge in [0.1, 0.15) is 5.82 Å². The number of imidazole rings is 1. The minimum atomic E-state index is -1.16. The van der Waals surface area contributed by atoms with Crippen molar-refractivity contribution in [2.75, 3.05) is 6.54 Å². The van der Waals surface area contributed by atoms with Crippen LogP contribution in [0.1, 0.15) is 59.7 Å². The topological polar surface area (TPSA) is 157 Å². The number of H-pyrrole nitrogens is 1. The van der Waals surface area contributed by atoms with E-state index >= 15 is 0 Å². The van der Waals surface area contributed by atoms with Gasteiger partial charge in [0.25, 0.3) is 11.5 Å². The average molecular weight is 479 g/mol. The number of carbonyl (C=O) groups is 3. The van der Waals surface area contributed by atoms with Gasteiger partial charge in [-0.1, -0.05) is 27.2 Å². The first-order valence-electron chi connectivity index (χ1n) is 11.6. The number of nitrogens with one attached hydrogen (secondary N) is 3. The smallest absolute Gasteiger partial charge is 0.330 e. The SMILES string of the molecule is CCCCn1c(=O)[nH]c(=O)c2c1nc(CCC(=O)OC(C)C(=O)NC(=O)NCC)n2CC(C)C. The monoisotopic (exact) mass is 478 g/mol. The maximum absolute atomic E-state index is 12.6. The lowest BCUT2D eigenvalue weighted by Crippen LogP contribution is -2.44. The van der Waals surface area contributed by atoms with E-state index in [0.717, 1.165) is 12.8 Å². The van der Waals surface area contributed by atoms with Crippen molar-refractivity contribution in [2.45, 2.75) is 79.5 Å². The van der Waals surface area contributed by atoms with Crippen LogP contribution in [0.4, 0.5) is 4.79 Å². The van der Waals surface area contributed by atoms with Crippen molar-refractivity contribution in [2.24, 2.45) is 5.92 Å². The molecule has 1 unspecified atom stereocenters. The van der Waals surface area contributed by atoms with Gasteiger partial charge in [-0.2, -0.15) is 0 Å². The molecule has 2 rings (SSSR count). The van der Waals surface area contributed by atoms with Crippen LogP contribution in [0, 0.1) is 5.92 Å². The molecule has 188 valence electrons. The van der Waals surface area contributed by atoms with E-state index in [2.05, 4.69) is 20.6 Å². The van der Waals surface area contributed by atoms with Crippen molar-refractivity contribution in [3.05, 3.63) is 26.7 Å². The zero-order chi connectivity index (χ0) is 25.4. The molecule has 3 N–H and O–H groups in total. The molecule has 12 heteroatoms. The number of hydrogen-bond acceptors (Lipinski definition) is 7. The highest BCUT2D eigenvalue weighted by Crippen LogP contribution is 2.16. The van der Waals surface area contributed by atoms with Gasteiger partial charge in [0.05, 0.1) is 6.42 Å². The van der Waals surface area contributed by atoms with Crippen LogP contribution in [0.3, 0.4) is 0 Å². The van der Waals surface area contributed by atoms with E-state index in [1.54, 1.807) is 11.5 Å². The second-order valence-corrected chi connectivity index (χ2v) is 8.45. The van der Waals surface area contributed by atoms with E-state index in [1.807, 2.05) is 20.8 Å². The van der Waals surface area contributed by atoms with Gasteiger partial charge in [0.2, 0.25) is 0 Å². The highest BCUT2D eigenvalue weighted by Gasteiger charge is 2.22. The number of urea groups is 1. The lowest BCUT2D eigenvalue weighted by atomic mass is 10.2. The van der Waals surface area contributed by atoms with Crippen molar-refractivity contribution in [3.8, 4) is 0 Å². The molecule has 0 spiro atoms. The molecule has 0 radical (unpaired) electrons. The molecule has 0 saturated heterocycles. The summed E-state index contributed by atoms with van der Waals surface area (Å²) in [5.74, 6) is -0.741. The first-order valence-corrected chi connectivity index (χ1v) is 11.6. The molecule has 3 amide bonds. The predicted molar refractivity (Wildman–Crippen MR) is 125 cm³/mol. The first-order chi connectivity index (χ1) is 16.1. The molecule has 0 bridgehead atoms. The summed E-state index contributed by atoms with van der Waals surface area (Å²) in [6, 6.07) is -0.669. The second kappa shape index (κ2) is 12.1. The molecule has 1 atom stereocenters. The molecule has 34 heavy (non-hydrogen) atoms.